The zero-order valence-corrected chi connectivity index (χ0v) is 31.0. The van der Waals surface area contributed by atoms with Crippen molar-refractivity contribution in [3.8, 4) is 67.3 Å². The normalized spacial score (nSPS) is 11.6. The van der Waals surface area contributed by atoms with Crippen LogP contribution in [0.3, 0.4) is 0 Å². The summed E-state index contributed by atoms with van der Waals surface area (Å²) in [5, 5.41) is 4.78. The van der Waals surface area contributed by atoms with Gasteiger partial charge in [0.25, 0.3) is 0 Å². The fourth-order valence-corrected chi connectivity index (χ4v) is 9.24. The lowest BCUT2D eigenvalue weighted by Crippen LogP contribution is -1.97. The third-order valence-electron chi connectivity index (χ3n) is 10.7. The van der Waals surface area contributed by atoms with Crippen LogP contribution in [0.4, 0.5) is 0 Å². The lowest BCUT2D eigenvalue weighted by Gasteiger charge is -2.15. The van der Waals surface area contributed by atoms with Crippen LogP contribution in [-0.2, 0) is 0 Å². The van der Waals surface area contributed by atoms with E-state index in [1.54, 1.807) is 0 Å². The average molecular weight is 733 g/mol. The predicted octanol–water partition coefficient (Wildman–Crippen LogP) is 14.7. The van der Waals surface area contributed by atoms with Gasteiger partial charge in [-0.3, -0.25) is 0 Å². The van der Waals surface area contributed by atoms with Gasteiger partial charge >= 0.3 is 0 Å². The fraction of sp³-hybridized carbons (Fsp3) is 0. The maximum absolute atomic E-state index is 6.19. The molecule has 3 nitrogen and oxygen atoms in total. The lowest BCUT2D eigenvalue weighted by atomic mass is 9.93. The first-order chi connectivity index (χ1) is 27.7. The highest BCUT2D eigenvalue weighted by Gasteiger charge is 2.18. The SMILES string of the molecule is c1ccc(-c2cc(-c3cc(-c4ccccc4-c4ccc5oc6ccccc6c5c4)nc(-c4ccccc4)n3)cc(-c3cccc4c3sc3ccccc34)c2)cc1. The molecule has 0 fully saturated rings. The van der Waals surface area contributed by atoms with Gasteiger partial charge in [-0.2, -0.15) is 0 Å². The van der Waals surface area contributed by atoms with E-state index in [0.29, 0.717) is 5.82 Å². The Morgan fingerprint density at radius 1 is 0.339 bits per heavy atom. The summed E-state index contributed by atoms with van der Waals surface area (Å²) >= 11 is 1.86. The van der Waals surface area contributed by atoms with Crippen molar-refractivity contribution in [1.82, 2.24) is 9.97 Å². The number of hydrogen-bond acceptors (Lipinski definition) is 4. The molecule has 0 N–H and O–H groups in total. The minimum atomic E-state index is 0.683. The third-order valence-corrected chi connectivity index (χ3v) is 11.9. The van der Waals surface area contributed by atoms with Gasteiger partial charge in [-0.1, -0.05) is 146 Å². The highest BCUT2D eigenvalue weighted by Crippen LogP contribution is 2.43. The molecule has 4 heteroatoms. The Labute approximate surface area is 327 Å². The molecule has 262 valence electrons. The van der Waals surface area contributed by atoms with Gasteiger partial charge in [-0.05, 0) is 81.9 Å². The first kappa shape index (κ1) is 32.3. The molecule has 3 heterocycles. The van der Waals surface area contributed by atoms with Crippen molar-refractivity contribution in [3.63, 3.8) is 0 Å². The molecule has 0 radical (unpaired) electrons. The van der Waals surface area contributed by atoms with Gasteiger partial charge in [0, 0.05) is 47.6 Å². The number of para-hydroxylation sites is 1. The Morgan fingerprint density at radius 2 is 0.964 bits per heavy atom. The molecule has 0 saturated carbocycles. The molecule has 0 aliphatic carbocycles. The Balaban J connectivity index is 1.13. The Bertz CT molecular complexity index is 3250. The maximum Gasteiger partial charge on any atom is 0.160 e. The van der Waals surface area contributed by atoms with E-state index in [0.717, 1.165) is 77.8 Å². The fourth-order valence-electron chi connectivity index (χ4n) is 8.00. The summed E-state index contributed by atoms with van der Waals surface area (Å²) < 4.78 is 8.77. The summed E-state index contributed by atoms with van der Waals surface area (Å²) in [6.07, 6.45) is 0. The zero-order chi connectivity index (χ0) is 37.0. The van der Waals surface area contributed by atoms with Gasteiger partial charge in [0.1, 0.15) is 11.2 Å². The van der Waals surface area contributed by atoms with E-state index in [9.17, 15) is 0 Å². The van der Waals surface area contributed by atoms with E-state index >= 15 is 0 Å². The summed E-state index contributed by atoms with van der Waals surface area (Å²) in [7, 11) is 0. The molecule has 8 aromatic carbocycles. The number of hydrogen-bond donors (Lipinski definition) is 0. The first-order valence-corrected chi connectivity index (χ1v) is 19.6. The van der Waals surface area contributed by atoms with Gasteiger partial charge in [-0.25, -0.2) is 9.97 Å². The minimum absolute atomic E-state index is 0.683. The van der Waals surface area contributed by atoms with Crippen LogP contribution in [0.2, 0.25) is 0 Å². The molecule has 0 spiro atoms. The molecule has 3 aromatic heterocycles. The van der Waals surface area contributed by atoms with Crippen molar-refractivity contribution in [1.29, 1.82) is 0 Å². The molecule has 11 rings (SSSR count). The van der Waals surface area contributed by atoms with Crippen molar-refractivity contribution >= 4 is 53.4 Å². The van der Waals surface area contributed by atoms with Crippen LogP contribution >= 0.6 is 11.3 Å². The number of aromatic nitrogens is 2. The smallest absolute Gasteiger partial charge is 0.160 e. The molecule has 0 atom stereocenters. The highest BCUT2D eigenvalue weighted by molar-refractivity contribution is 7.26. The Kier molecular flexibility index (Phi) is 7.68. The molecule has 0 amide bonds. The quantitative estimate of drug-likeness (QED) is 0.171. The van der Waals surface area contributed by atoms with Crippen LogP contribution in [0.1, 0.15) is 0 Å². The Hall–Kier alpha value is -7.14. The van der Waals surface area contributed by atoms with Crippen LogP contribution in [0.15, 0.2) is 199 Å². The summed E-state index contributed by atoms with van der Waals surface area (Å²) in [5.41, 5.74) is 13.4. The van der Waals surface area contributed by atoms with Crippen LogP contribution in [0.25, 0.3) is 109 Å². The first-order valence-electron chi connectivity index (χ1n) is 18.8. The van der Waals surface area contributed by atoms with Gasteiger partial charge < -0.3 is 4.42 Å². The summed E-state index contributed by atoms with van der Waals surface area (Å²) in [6, 6.07) is 68.6. The molecular weight excluding hydrogens is 701 g/mol. The summed E-state index contributed by atoms with van der Waals surface area (Å²) in [5.74, 6) is 0.683. The number of furan rings is 1. The van der Waals surface area contributed by atoms with Crippen molar-refractivity contribution in [2.75, 3.05) is 0 Å². The van der Waals surface area contributed by atoms with E-state index in [1.807, 2.05) is 41.7 Å². The van der Waals surface area contributed by atoms with E-state index in [1.165, 1.54) is 25.7 Å². The number of nitrogens with zero attached hydrogens (tertiary/aromatic N) is 2. The highest BCUT2D eigenvalue weighted by atomic mass is 32.1. The van der Waals surface area contributed by atoms with Crippen LogP contribution in [0, 0.1) is 0 Å². The molecule has 0 bridgehead atoms. The van der Waals surface area contributed by atoms with Gasteiger partial charge in [0.05, 0.1) is 11.4 Å². The Morgan fingerprint density at radius 3 is 1.82 bits per heavy atom. The molecule has 0 unspecified atom stereocenters. The zero-order valence-electron chi connectivity index (χ0n) is 30.2. The van der Waals surface area contributed by atoms with E-state index in [4.69, 9.17) is 14.4 Å². The topological polar surface area (TPSA) is 38.9 Å². The molecule has 0 saturated heterocycles. The summed E-state index contributed by atoms with van der Waals surface area (Å²) in [6.45, 7) is 0. The number of benzene rings is 8. The van der Waals surface area contributed by atoms with Crippen LogP contribution in [-0.4, -0.2) is 9.97 Å². The molecule has 11 aromatic rings. The molecular formula is C52H32N2OS. The predicted molar refractivity (Wildman–Crippen MR) is 235 cm³/mol. The molecule has 0 aliphatic rings. The van der Waals surface area contributed by atoms with Gasteiger partial charge in [0.2, 0.25) is 0 Å². The molecule has 56 heavy (non-hydrogen) atoms. The minimum Gasteiger partial charge on any atom is -0.456 e. The lowest BCUT2D eigenvalue weighted by molar-refractivity contribution is 0.669. The second kappa shape index (κ2) is 13.3. The standard InChI is InChI=1S/C52H32N2OS/c1-3-14-33(15-4-1)36-28-37(40-22-13-23-44-43-21-10-12-25-50(43)56-51(40)44)30-38(29-36)46-32-47(54-52(53-46)34-16-5-2-6-17-34)41-19-8-7-18-39(41)35-26-27-49-45(31-35)42-20-9-11-24-48(42)55-49/h1-32H. The van der Waals surface area contributed by atoms with E-state index in [2.05, 4.69) is 164 Å². The van der Waals surface area contributed by atoms with Crippen molar-refractivity contribution < 1.29 is 4.42 Å². The second-order valence-electron chi connectivity index (χ2n) is 14.1. The van der Waals surface area contributed by atoms with Gasteiger partial charge in [0.15, 0.2) is 5.82 Å². The second-order valence-corrected chi connectivity index (χ2v) is 15.2. The van der Waals surface area contributed by atoms with Crippen molar-refractivity contribution in [3.05, 3.63) is 194 Å². The van der Waals surface area contributed by atoms with E-state index in [-0.39, 0.29) is 0 Å². The van der Waals surface area contributed by atoms with Crippen molar-refractivity contribution in [2.45, 2.75) is 0 Å². The van der Waals surface area contributed by atoms with Crippen molar-refractivity contribution in [2.24, 2.45) is 0 Å². The number of thiophene rings is 1. The summed E-state index contributed by atoms with van der Waals surface area (Å²) in [4.78, 5) is 10.6. The maximum atomic E-state index is 6.19. The van der Waals surface area contributed by atoms with Crippen LogP contribution in [0.5, 0.6) is 0 Å². The molecule has 0 aliphatic heterocycles. The van der Waals surface area contributed by atoms with Gasteiger partial charge in [-0.15, -0.1) is 11.3 Å². The number of rotatable bonds is 6. The van der Waals surface area contributed by atoms with Crippen LogP contribution < -0.4 is 0 Å². The largest absolute Gasteiger partial charge is 0.456 e. The monoisotopic (exact) mass is 732 g/mol. The third kappa shape index (κ3) is 5.58. The average Bonchev–Trinajstić information content (AvgIpc) is 3.85. The number of fused-ring (bicyclic) bond motifs is 6. The van der Waals surface area contributed by atoms with E-state index < -0.39 is 0 Å².